The lowest BCUT2D eigenvalue weighted by Crippen LogP contribution is -2.19. The SMILES string of the molecule is Oc1cccc(-c2nc(C3Cc4ccccc43)no2)c1. The van der Waals surface area contributed by atoms with Crippen molar-refractivity contribution in [2.24, 2.45) is 0 Å². The van der Waals surface area contributed by atoms with Crippen molar-refractivity contribution < 1.29 is 9.63 Å². The highest BCUT2D eigenvalue weighted by atomic mass is 16.5. The van der Waals surface area contributed by atoms with Crippen LogP contribution < -0.4 is 0 Å². The van der Waals surface area contributed by atoms with E-state index in [-0.39, 0.29) is 11.7 Å². The molecule has 20 heavy (non-hydrogen) atoms. The summed E-state index contributed by atoms with van der Waals surface area (Å²) < 4.78 is 5.31. The molecular formula is C16H12N2O2. The predicted octanol–water partition coefficient (Wildman–Crippen LogP) is 3.13. The van der Waals surface area contributed by atoms with Gasteiger partial charge in [-0.1, -0.05) is 35.5 Å². The minimum absolute atomic E-state index is 0.191. The number of phenolic OH excluding ortho intramolecular Hbond substituents is 1. The maximum absolute atomic E-state index is 9.49. The highest BCUT2D eigenvalue weighted by Gasteiger charge is 2.31. The van der Waals surface area contributed by atoms with Crippen LogP contribution in [-0.4, -0.2) is 15.2 Å². The smallest absolute Gasteiger partial charge is 0.258 e. The number of phenols is 1. The molecule has 0 bridgehead atoms. The van der Waals surface area contributed by atoms with Crippen molar-refractivity contribution in [3.8, 4) is 17.2 Å². The number of aromatic nitrogens is 2. The lowest BCUT2D eigenvalue weighted by molar-refractivity contribution is 0.415. The summed E-state index contributed by atoms with van der Waals surface area (Å²) in [6, 6.07) is 15.1. The molecule has 1 atom stereocenters. The first-order valence-electron chi connectivity index (χ1n) is 6.52. The summed E-state index contributed by atoms with van der Waals surface area (Å²) in [5, 5.41) is 13.6. The largest absolute Gasteiger partial charge is 0.508 e. The molecular weight excluding hydrogens is 252 g/mol. The Bertz CT molecular complexity index is 779. The molecule has 0 fully saturated rings. The number of fused-ring (bicyclic) bond motifs is 1. The maximum atomic E-state index is 9.49. The monoisotopic (exact) mass is 264 g/mol. The van der Waals surface area contributed by atoms with E-state index in [0.29, 0.717) is 11.7 Å². The summed E-state index contributed by atoms with van der Waals surface area (Å²) in [6.07, 6.45) is 0.954. The van der Waals surface area contributed by atoms with Crippen LogP contribution in [0.3, 0.4) is 0 Å². The highest BCUT2D eigenvalue weighted by molar-refractivity contribution is 5.56. The quantitative estimate of drug-likeness (QED) is 0.772. The zero-order valence-corrected chi connectivity index (χ0v) is 10.7. The van der Waals surface area contributed by atoms with Crippen LogP contribution in [0.1, 0.15) is 22.9 Å². The summed E-state index contributed by atoms with van der Waals surface area (Å²) in [4.78, 5) is 4.45. The van der Waals surface area contributed by atoms with Gasteiger partial charge in [-0.3, -0.25) is 0 Å². The van der Waals surface area contributed by atoms with E-state index in [4.69, 9.17) is 4.52 Å². The number of aromatic hydroxyl groups is 1. The summed E-state index contributed by atoms with van der Waals surface area (Å²) in [5.74, 6) is 1.57. The molecule has 4 nitrogen and oxygen atoms in total. The molecule has 0 saturated carbocycles. The fraction of sp³-hybridized carbons (Fsp3) is 0.125. The fourth-order valence-electron chi connectivity index (χ4n) is 2.62. The Labute approximate surface area is 115 Å². The van der Waals surface area contributed by atoms with E-state index >= 15 is 0 Å². The molecule has 0 amide bonds. The van der Waals surface area contributed by atoms with E-state index in [1.165, 1.54) is 11.1 Å². The van der Waals surface area contributed by atoms with Crippen LogP contribution in [0.4, 0.5) is 0 Å². The van der Waals surface area contributed by atoms with Crippen LogP contribution in [0.2, 0.25) is 0 Å². The molecule has 1 aromatic heterocycles. The molecule has 0 radical (unpaired) electrons. The Hall–Kier alpha value is -2.62. The Kier molecular flexibility index (Phi) is 2.36. The van der Waals surface area contributed by atoms with Crippen molar-refractivity contribution in [2.45, 2.75) is 12.3 Å². The molecule has 3 aromatic rings. The van der Waals surface area contributed by atoms with Crippen molar-refractivity contribution in [2.75, 3.05) is 0 Å². The highest BCUT2D eigenvalue weighted by Crippen LogP contribution is 2.39. The molecule has 1 unspecified atom stereocenters. The molecule has 2 aromatic carbocycles. The average Bonchev–Trinajstić information content (AvgIpc) is 2.90. The van der Waals surface area contributed by atoms with E-state index in [9.17, 15) is 5.11 Å². The Morgan fingerprint density at radius 2 is 2.00 bits per heavy atom. The molecule has 98 valence electrons. The molecule has 0 aliphatic heterocycles. The Morgan fingerprint density at radius 3 is 2.85 bits per heavy atom. The van der Waals surface area contributed by atoms with E-state index in [1.54, 1.807) is 18.2 Å². The second-order valence-electron chi connectivity index (χ2n) is 4.96. The van der Waals surface area contributed by atoms with Crippen molar-refractivity contribution in [1.82, 2.24) is 10.1 Å². The zero-order valence-electron chi connectivity index (χ0n) is 10.7. The van der Waals surface area contributed by atoms with Gasteiger partial charge in [0.15, 0.2) is 5.82 Å². The first kappa shape index (κ1) is 11.2. The van der Waals surface area contributed by atoms with E-state index < -0.39 is 0 Å². The van der Waals surface area contributed by atoms with Crippen molar-refractivity contribution in [3.05, 3.63) is 65.5 Å². The van der Waals surface area contributed by atoms with Gasteiger partial charge >= 0.3 is 0 Å². The minimum atomic E-state index is 0.191. The number of nitrogens with zero attached hydrogens (tertiary/aromatic N) is 2. The molecule has 1 aliphatic carbocycles. The van der Waals surface area contributed by atoms with Crippen LogP contribution >= 0.6 is 0 Å². The topological polar surface area (TPSA) is 59.2 Å². The summed E-state index contributed by atoms with van der Waals surface area (Å²) in [6.45, 7) is 0. The minimum Gasteiger partial charge on any atom is -0.508 e. The van der Waals surface area contributed by atoms with Gasteiger partial charge in [-0.2, -0.15) is 4.98 Å². The van der Waals surface area contributed by atoms with Gasteiger partial charge in [0.05, 0.1) is 5.92 Å². The molecule has 0 spiro atoms. The molecule has 1 N–H and O–H groups in total. The van der Waals surface area contributed by atoms with Gasteiger partial charge < -0.3 is 9.63 Å². The summed E-state index contributed by atoms with van der Waals surface area (Å²) in [5.41, 5.74) is 3.35. The van der Waals surface area contributed by atoms with E-state index in [1.807, 2.05) is 18.2 Å². The summed E-state index contributed by atoms with van der Waals surface area (Å²) in [7, 11) is 0. The van der Waals surface area contributed by atoms with Crippen LogP contribution in [0.5, 0.6) is 5.75 Å². The van der Waals surface area contributed by atoms with Gasteiger partial charge in [-0.25, -0.2) is 0 Å². The summed E-state index contributed by atoms with van der Waals surface area (Å²) >= 11 is 0. The van der Waals surface area contributed by atoms with Gasteiger partial charge in [-0.05, 0) is 35.7 Å². The third-order valence-corrected chi connectivity index (χ3v) is 3.70. The molecule has 1 aliphatic rings. The molecule has 4 heteroatoms. The first-order chi connectivity index (χ1) is 9.81. The van der Waals surface area contributed by atoms with Crippen molar-refractivity contribution >= 4 is 0 Å². The number of hydrogen-bond acceptors (Lipinski definition) is 4. The number of hydrogen-bond donors (Lipinski definition) is 1. The maximum Gasteiger partial charge on any atom is 0.258 e. The second-order valence-corrected chi connectivity index (χ2v) is 4.96. The Morgan fingerprint density at radius 1 is 1.10 bits per heavy atom. The lowest BCUT2D eigenvalue weighted by Gasteiger charge is -2.27. The van der Waals surface area contributed by atoms with E-state index in [0.717, 1.165) is 12.0 Å². The molecule has 4 rings (SSSR count). The molecule has 0 saturated heterocycles. The predicted molar refractivity (Wildman–Crippen MR) is 73.4 cm³/mol. The number of rotatable bonds is 2. The fourth-order valence-corrected chi connectivity index (χ4v) is 2.62. The van der Waals surface area contributed by atoms with Gasteiger partial charge in [0, 0.05) is 5.56 Å². The lowest BCUT2D eigenvalue weighted by atomic mass is 9.77. The van der Waals surface area contributed by atoms with E-state index in [2.05, 4.69) is 22.3 Å². The van der Waals surface area contributed by atoms with Crippen LogP contribution in [0, 0.1) is 0 Å². The third kappa shape index (κ3) is 1.69. The van der Waals surface area contributed by atoms with Crippen LogP contribution in [0.15, 0.2) is 53.1 Å². The van der Waals surface area contributed by atoms with Gasteiger partial charge in [0.1, 0.15) is 5.75 Å². The van der Waals surface area contributed by atoms with Crippen molar-refractivity contribution in [3.63, 3.8) is 0 Å². The van der Waals surface area contributed by atoms with Crippen molar-refractivity contribution in [1.29, 1.82) is 0 Å². The number of benzene rings is 2. The average molecular weight is 264 g/mol. The van der Waals surface area contributed by atoms with Crippen LogP contribution in [0.25, 0.3) is 11.5 Å². The zero-order chi connectivity index (χ0) is 13.5. The normalized spacial score (nSPS) is 16.5. The second kappa shape index (κ2) is 4.20. The van der Waals surface area contributed by atoms with Crippen LogP contribution in [-0.2, 0) is 6.42 Å². The molecule has 1 heterocycles. The first-order valence-corrected chi connectivity index (χ1v) is 6.52. The standard InChI is InChI=1S/C16H12N2O2/c19-12-6-3-5-11(8-12)16-17-15(18-20-16)14-9-10-4-1-2-7-13(10)14/h1-8,14,19H,9H2. The Balaban J connectivity index is 1.67. The van der Waals surface area contributed by atoms with Gasteiger partial charge in [-0.15, -0.1) is 0 Å². The van der Waals surface area contributed by atoms with Gasteiger partial charge in [0.25, 0.3) is 5.89 Å². The van der Waals surface area contributed by atoms with Gasteiger partial charge in [0.2, 0.25) is 0 Å². The third-order valence-electron chi connectivity index (χ3n) is 3.70.